The number of nitrogens with zero attached hydrogens (tertiary/aromatic N) is 2. The Morgan fingerprint density at radius 3 is 2.52 bits per heavy atom. The lowest BCUT2D eigenvalue weighted by atomic mass is 9.85. The summed E-state index contributed by atoms with van der Waals surface area (Å²) in [6, 6.07) is 8.18. The second-order valence-corrected chi connectivity index (χ2v) is 7.29. The van der Waals surface area contributed by atoms with E-state index in [-0.39, 0.29) is 35.3 Å². The molecule has 1 aliphatic carbocycles. The van der Waals surface area contributed by atoms with Crippen molar-refractivity contribution in [1.29, 1.82) is 0 Å². The molecule has 140 valence electrons. The van der Waals surface area contributed by atoms with Crippen molar-refractivity contribution in [1.82, 2.24) is 4.90 Å². The molecule has 2 rings (SSSR count). The van der Waals surface area contributed by atoms with Gasteiger partial charge in [0, 0.05) is 19.8 Å². The van der Waals surface area contributed by atoms with Crippen LogP contribution in [0.3, 0.4) is 0 Å². The number of nitrogens with one attached hydrogen (secondary N) is 1. The van der Waals surface area contributed by atoms with Gasteiger partial charge in [0.2, 0.25) is 5.91 Å². The van der Waals surface area contributed by atoms with Crippen LogP contribution in [0.5, 0.6) is 0 Å². The van der Waals surface area contributed by atoms with E-state index in [1.807, 2.05) is 26.2 Å². The smallest absolute Gasteiger partial charge is 0.230 e. The molecular weight excluding hydrogens is 427 g/mol. The van der Waals surface area contributed by atoms with Gasteiger partial charge in [0.1, 0.15) is 0 Å². The van der Waals surface area contributed by atoms with E-state index in [0.717, 1.165) is 31.4 Å². The van der Waals surface area contributed by atoms with Crippen LogP contribution in [-0.4, -0.2) is 37.4 Å². The quantitative estimate of drug-likeness (QED) is 0.401. The van der Waals surface area contributed by atoms with Crippen LogP contribution < -0.4 is 11.1 Å². The van der Waals surface area contributed by atoms with E-state index in [9.17, 15) is 4.79 Å². The largest absolute Gasteiger partial charge is 0.370 e. The highest BCUT2D eigenvalue weighted by molar-refractivity contribution is 14.0. The molecule has 1 amide bonds. The summed E-state index contributed by atoms with van der Waals surface area (Å²) in [6.45, 7) is 4.77. The summed E-state index contributed by atoms with van der Waals surface area (Å²) in [4.78, 5) is 18.7. The zero-order valence-electron chi connectivity index (χ0n) is 15.7. The minimum atomic E-state index is -0.379. The van der Waals surface area contributed by atoms with E-state index < -0.39 is 0 Å². The summed E-state index contributed by atoms with van der Waals surface area (Å²) in [6.07, 6.45) is 3.95. The van der Waals surface area contributed by atoms with Crippen molar-refractivity contribution in [2.45, 2.75) is 45.4 Å². The fraction of sp³-hybridized carbons (Fsp3) is 0.579. The van der Waals surface area contributed by atoms with Gasteiger partial charge in [-0.1, -0.05) is 38.8 Å². The highest BCUT2D eigenvalue weighted by Crippen LogP contribution is 2.39. The maximum Gasteiger partial charge on any atom is 0.230 e. The molecule has 1 fully saturated rings. The summed E-state index contributed by atoms with van der Waals surface area (Å²) >= 11 is 0. The number of nitrogens with two attached hydrogens (primary N) is 1. The molecule has 0 radical (unpaired) electrons. The summed E-state index contributed by atoms with van der Waals surface area (Å²) in [5.41, 5.74) is 7.86. The Labute approximate surface area is 168 Å². The van der Waals surface area contributed by atoms with Crippen molar-refractivity contribution in [3.63, 3.8) is 0 Å². The van der Waals surface area contributed by atoms with Crippen LogP contribution in [0.25, 0.3) is 0 Å². The third-order valence-electron chi connectivity index (χ3n) is 4.80. The number of aliphatic imine (C=N–C) groups is 1. The van der Waals surface area contributed by atoms with Gasteiger partial charge in [0.15, 0.2) is 5.96 Å². The van der Waals surface area contributed by atoms with Crippen LogP contribution in [0.2, 0.25) is 0 Å². The van der Waals surface area contributed by atoms with E-state index in [1.54, 1.807) is 4.90 Å². The number of carbonyl (C=O) groups excluding carboxylic acids is 1. The van der Waals surface area contributed by atoms with E-state index in [2.05, 4.69) is 36.3 Å². The molecule has 3 N–H and O–H groups in total. The van der Waals surface area contributed by atoms with Gasteiger partial charge in [0.05, 0.1) is 12.0 Å². The number of anilines is 1. The highest BCUT2D eigenvalue weighted by atomic mass is 127. The Balaban J connectivity index is 0.00000312. The van der Waals surface area contributed by atoms with Crippen LogP contribution in [0.4, 0.5) is 5.69 Å². The predicted molar refractivity (Wildman–Crippen MR) is 116 cm³/mol. The molecule has 1 aromatic rings. The lowest BCUT2D eigenvalue weighted by Gasteiger charge is -2.29. The van der Waals surface area contributed by atoms with Gasteiger partial charge >= 0.3 is 0 Å². The van der Waals surface area contributed by atoms with Crippen LogP contribution in [0.15, 0.2) is 29.3 Å². The van der Waals surface area contributed by atoms with Gasteiger partial charge < -0.3 is 16.0 Å². The number of hydrogen-bond donors (Lipinski definition) is 2. The van der Waals surface area contributed by atoms with Gasteiger partial charge in [-0.3, -0.25) is 9.79 Å². The van der Waals surface area contributed by atoms with Gasteiger partial charge in [-0.2, -0.15) is 0 Å². The fourth-order valence-electron chi connectivity index (χ4n) is 3.37. The van der Waals surface area contributed by atoms with E-state index in [0.29, 0.717) is 18.4 Å². The minimum Gasteiger partial charge on any atom is -0.370 e. The fourth-order valence-corrected chi connectivity index (χ4v) is 3.37. The van der Waals surface area contributed by atoms with Crippen molar-refractivity contribution >= 4 is 41.5 Å². The lowest BCUT2D eigenvalue weighted by Crippen LogP contribution is -2.41. The van der Waals surface area contributed by atoms with E-state index in [4.69, 9.17) is 5.73 Å². The average molecular weight is 458 g/mol. The highest BCUT2D eigenvalue weighted by Gasteiger charge is 2.41. The first-order valence-corrected chi connectivity index (χ1v) is 8.73. The Hall–Kier alpha value is -1.31. The number of carbonyl (C=O) groups is 1. The molecule has 0 aromatic heterocycles. The minimum absolute atomic E-state index is 0. The van der Waals surface area contributed by atoms with E-state index in [1.165, 1.54) is 5.56 Å². The molecule has 0 bridgehead atoms. The first kappa shape index (κ1) is 21.7. The molecule has 0 saturated heterocycles. The van der Waals surface area contributed by atoms with Gasteiger partial charge in [-0.15, -0.1) is 24.0 Å². The molecular formula is C19H31IN4O. The molecule has 1 saturated carbocycles. The second-order valence-electron chi connectivity index (χ2n) is 7.29. The monoisotopic (exact) mass is 458 g/mol. The van der Waals surface area contributed by atoms with Crippen LogP contribution in [0, 0.1) is 5.41 Å². The SMILES string of the molecule is CC(C)c1cccc(NC(N)=NCC2(C(=O)N(C)C)CCCC2)c1.I. The van der Waals surface area contributed by atoms with Crippen molar-refractivity contribution < 1.29 is 4.79 Å². The predicted octanol–water partition coefficient (Wildman–Crippen LogP) is 3.80. The summed E-state index contributed by atoms with van der Waals surface area (Å²) in [5, 5.41) is 3.15. The molecule has 0 heterocycles. The number of guanidine groups is 1. The standard InChI is InChI=1S/C19H30N4O.HI/c1-14(2)15-8-7-9-16(12-15)22-18(20)21-13-19(10-5-6-11-19)17(24)23(3)4;/h7-9,12,14H,5-6,10-11,13H2,1-4H3,(H3,20,21,22);1H. The van der Waals surface area contributed by atoms with Crippen molar-refractivity contribution in [3.05, 3.63) is 29.8 Å². The van der Waals surface area contributed by atoms with Crippen LogP contribution >= 0.6 is 24.0 Å². The van der Waals surface area contributed by atoms with Crippen molar-refractivity contribution in [2.24, 2.45) is 16.1 Å². The molecule has 1 aliphatic rings. The molecule has 1 aromatic carbocycles. The van der Waals surface area contributed by atoms with Crippen LogP contribution in [-0.2, 0) is 4.79 Å². The topological polar surface area (TPSA) is 70.7 Å². The van der Waals surface area contributed by atoms with Gasteiger partial charge in [-0.05, 0) is 36.5 Å². The van der Waals surface area contributed by atoms with Crippen molar-refractivity contribution in [3.8, 4) is 0 Å². The second kappa shape index (κ2) is 9.40. The van der Waals surface area contributed by atoms with Gasteiger partial charge in [-0.25, -0.2) is 0 Å². The maximum atomic E-state index is 12.6. The number of rotatable bonds is 5. The number of amides is 1. The zero-order valence-corrected chi connectivity index (χ0v) is 18.0. The van der Waals surface area contributed by atoms with Crippen LogP contribution in [0.1, 0.15) is 51.0 Å². The zero-order chi connectivity index (χ0) is 17.7. The molecule has 0 unspecified atom stereocenters. The average Bonchev–Trinajstić information content (AvgIpc) is 3.02. The molecule has 6 heteroatoms. The first-order valence-electron chi connectivity index (χ1n) is 8.73. The number of halogens is 1. The molecule has 0 spiro atoms. The van der Waals surface area contributed by atoms with Crippen molar-refractivity contribution in [2.75, 3.05) is 26.0 Å². The lowest BCUT2D eigenvalue weighted by molar-refractivity contribution is -0.138. The third-order valence-corrected chi connectivity index (χ3v) is 4.80. The summed E-state index contributed by atoms with van der Waals surface area (Å²) < 4.78 is 0. The molecule has 25 heavy (non-hydrogen) atoms. The Morgan fingerprint density at radius 2 is 1.96 bits per heavy atom. The Bertz CT molecular complexity index is 607. The normalized spacial score (nSPS) is 16.4. The van der Waals surface area contributed by atoms with Gasteiger partial charge in [0.25, 0.3) is 0 Å². The Kier molecular flexibility index (Phi) is 8.18. The maximum absolute atomic E-state index is 12.6. The molecule has 0 aliphatic heterocycles. The molecule has 0 atom stereocenters. The summed E-state index contributed by atoms with van der Waals surface area (Å²) in [7, 11) is 3.62. The number of hydrogen-bond acceptors (Lipinski definition) is 2. The number of benzene rings is 1. The Morgan fingerprint density at radius 1 is 1.32 bits per heavy atom. The summed E-state index contributed by atoms with van der Waals surface area (Å²) in [5.74, 6) is 0.997. The van der Waals surface area contributed by atoms with E-state index >= 15 is 0 Å². The third kappa shape index (κ3) is 5.59. The molecule has 5 nitrogen and oxygen atoms in total. The first-order chi connectivity index (χ1) is 11.3.